The second-order valence-electron chi connectivity index (χ2n) is 4.69. The maximum Gasteiger partial charge on any atom is 0.306 e. The fourth-order valence-electron chi connectivity index (χ4n) is 2.33. The maximum absolute atomic E-state index is 11.5. The van der Waals surface area contributed by atoms with E-state index >= 15 is 0 Å². The molecule has 0 heterocycles. The van der Waals surface area contributed by atoms with Crippen LogP contribution in [0.4, 0.5) is 0 Å². The zero-order valence-corrected chi connectivity index (χ0v) is 10.4. The smallest absolute Gasteiger partial charge is 0.306 e. The van der Waals surface area contributed by atoms with E-state index in [4.69, 9.17) is 4.74 Å². The van der Waals surface area contributed by atoms with Crippen LogP contribution in [0.15, 0.2) is 12.7 Å². The highest BCUT2D eigenvalue weighted by atomic mass is 16.5. The number of rotatable bonds is 6. The zero-order chi connectivity index (χ0) is 11.8. The predicted molar refractivity (Wildman–Crippen MR) is 66.2 cm³/mol. The van der Waals surface area contributed by atoms with E-state index in [1.54, 1.807) is 6.08 Å². The molecule has 0 aromatic rings. The zero-order valence-electron chi connectivity index (χ0n) is 10.4. The molecule has 1 saturated carbocycles. The summed E-state index contributed by atoms with van der Waals surface area (Å²) < 4.78 is 5.48. The summed E-state index contributed by atoms with van der Waals surface area (Å²) in [6.45, 7) is 5.88. The van der Waals surface area contributed by atoms with E-state index in [9.17, 15) is 4.79 Å². The molecule has 0 radical (unpaired) electrons. The van der Waals surface area contributed by atoms with E-state index < -0.39 is 0 Å². The van der Waals surface area contributed by atoms with Gasteiger partial charge in [0.05, 0.1) is 0 Å². The Labute approximate surface area is 99.1 Å². The highest BCUT2D eigenvalue weighted by Crippen LogP contribution is 2.28. The maximum atomic E-state index is 11.5. The third-order valence-electron chi connectivity index (χ3n) is 3.35. The van der Waals surface area contributed by atoms with Gasteiger partial charge >= 0.3 is 5.97 Å². The van der Waals surface area contributed by atoms with Crippen LogP contribution in [0.25, 0.3) is 0 Å². The Hall–Kier alpha value is -0.790. The molecule has 0 bridgehead atoms. The predicted octanol–water partition coefficient (Wildman–Crippen LogP) is 3.85. The number of carbonyl (C=O) groups is 1. The van der Waals surface area contributed by atoms with Gasteiger partial charge in [-0.15, -0.1) is 0 Å². The average molecular weight is 224 g/mol. The Balaban J connectivity index is 2.35. The second-order valence-corrected chi connectivity index (χ2v) is 4.69. The van der Waals surface area contributed by atoms with Crippen molar-refractivity contribution in [3.63, 3.8) is 0 Å². The molecule has 0 aliphatic heterocycles. The molecule has 1 fully saturated rings. The summed E-state index contributed by atoms with van der Waals surface area (Å²) in [6, 6.07) is 0. The second kappa shape index (κ2) is 7.48. The Morgan fingerprint density at radius 3 is 2.69 bits per heavy atom. The number of ether oxygens (including phenoxy) is 1. The monoisotopic (exact) mass is 224 g/mol. The van der Waals surface area contributed by atoms with E-state index in [2.05, 4.69) is 13.5 Å². The minimum absolute atomic E-state index is 0.0512. The van der Waals surface area contributed by atoms with Crippen molar-refractivity contribution < 1.29 is 9.53 Å². The van der Waals surface area contributed by atoms with Crippen LogP contribution in [0.1, 0.15) is 58.3 Å². The molecule has 1 aliphatic rings. The van der Waals surface area contributed by atoms with Crippen molar-refractivity contribution in [1.29, 1.82) is 0 Å². The molecule has 16 heavy (non-hydrogen) atoms. The van der Waals surface area contributed by atoms with E-state index in [1.807, 2.05) is 0 Å². The average Bonchev–Trinajstić information content (AvgIpc) is 2.34. The van der Waals surface area contributed by atoms with Crippen molar-refractivity contribution in [3.8, 4) is 0 Å². The van der Waals surface area contributed by atoms with Gasteiger partial charge < -0.3 is 4.74 Å². The lowest BCUT2D eigenvalue weighted by atomic mass is 9.85. The first-order valence-corrected chi connectivity index (χ1v) is 6.60. The van der Waals surface area contributed by atoms with Gasteiger partial charge in [0.15, 0.2) is 0 Å². The molecule has 0 spiro atoms. The van der Waals surface area contributed by atoms with Crippen molar-refractivity contribution in [3.05, 3.63) is 12.7 Å². The van der Waals surface area contributed by atoms with Crippen LogP contribution in [0.3, 0.4) is 0 Å². The summed E-state index contributed by atoms with van der Waals surface area (Å²) in [5.41, 5.74) is 0. The molecule has 0 aromatic heterocycles. The standard InChI is InChI=1S/C14H24O2/c1-3-5-11-14(15)16-13(4-2)12-9-7-6-8-10-12/h4,12-13H,2-3,5-11H2,1H3. The molecule has 2 heteroatoms. The van der Waals surface area contributed by atoms with Gasteiger partial charge in [-0.05, 0) is 25.2 Å². The highest BCUT2D eigenvalue weighted by Gasteiger charge is 2.24. The van der Waals surface area contributed by atoms with Crippen LogP contribution < -0.4 is 0 Å². The lowest BCUT2D eigenvalue weighted by molar-refractivity contribution is -0.149. The molecular weight excluding hydrogens is 200 g/mol. The molecule has 0 aromatic carbocycles. The molecule has 1 rings (SSSR count). The summed E-state index contributed by atoms with van der Waals surface area (Å²) in [5, 5.41) is 0. The minimum Gasteiger partial charge on any atom is -0.458 e. The van der Waals surface area contributed by atoms with Gasteiger partial charge in [0.25, 0.3) is 0 Å². The largest absolute Gasteiger partial charge is 0.458 e. The number of esters is 1. The van der Waals surface area contributed by atoms with E-state index in [-0.39, 0.29) is 12.1 Å². The Kier molecular flexibility index (Phi) is 6.20. The lowest BCUT2D eigenvalue weighted by Crippen LogP contribution is -2.26. The molecule has 0 N–H and O–H groups in total. The van der Waals surface area contributed by atoms with E-state index in [1.165, 1.54) is 32.1 Å². The summed E-state index contributed by atoms with van der Waals surface area (Å²) in [7, 11) is 0. The molecule has 1 aliphatic carbocycles. The van der Waals surface area contributed by atoms with Gasteiger partial charge in [-0.2, -0.15) is 0 Å². The van der Waals surface area contributed by atoms with Gasteiger partial charge in [-0.1, -0.05) is 45.3 Å². The first-order valence-electron chi connectivity index (χ1n) is 6.60. The Morgan fingerprint density at radius 1 is 1.44 bits per heavy atom. The van der Waals surface area contributed by atoms with E-state index in [0.29, 0.717) is 12.3 Å². The van der Waals surface area contributed by atoms with Crippen LogP contribution in [-0.4, -0.2) is 12.1 Å². The van der Waals surface area contributed by atoms with Crippen molar-refractivity contribution in [2.45, 2.75) is 64.4 Å². The fourth-order valence-corrected chi connectivity index (χ4v) is 2.33. The van der Waals surface area contributed by atoms with Crippen molar-refractivity contribution in [1.82, 2.24) is 0 Å². The van der Waals surface area contributed by atoms with Crippen LogP contribution in [0.2, 0.25) is 0 Å². The molecule has 2 nitrogen and oxygen atoms in total. The SMILES string of the molecule is C=CC(OC(=O)CCCC)C1CCCCC1. The lowest BCUT2D eigenvalue weighted by Gasteiger charge is -2.27. The molecule has 92 valence electrons. The fraction of sp³-hybridized carbons (Fsp3) is 0.786. The van der Waals surface area contributed by atoms with Crippen LogP contribution >= 0.6 is 0 Å². The molecule has 0 amide bonds. The first kappa shape index (κ1) is 13.3. The number of hydrogen-bond donors (Lipinski definition) is 0. The first-order chi connectivity index (χ1) is 7.77. The van der Waals surface area contributed by atoms with Crippen molar-refractivity contribution in [2.24, 2.45) is 5.92 Å². The Bertz CT molecular complexity index is 217. The van der Waals surface area contributed by atoms with Gasteiger partial charge in [0, 0.05) is 6.42 Å². The number of hydrogen-bond acceptors (Lipinski definition) is 2. The summed E-state index contributed by atoms with van der Waals surface area (Å²) in [6.07, 6.45) is 10.5. The number of carbonyl (C=O) groups excluding carboxylic acids is 1. The van der Waals surface area contributed by atoms with Crippen molar-refractivity contribution in [2.75, 3.05) is 0 Å². The summed E-state index contributed by atoms with van der Waals surface area (Å²) in [5.74, 6) is 0.453. The van der Waals surface area contributed by atoms with Crippen LogP contribution in [-0.2, 0) is 9.53 Å². The third-order valence-corrected chi connectivity index (χ3v) is 3.35. The molecule has 0 saturated heterocycles. The minimum atomic E-state index is -0.0580. The summed E-state index contributed by atoms with van der Waals surface area (Å²) in [4.78, 5) is 11.5. The molecule has 1 unspecified atom stereocenters. The van der Waals surface area contributed by atoms with Gasteiger partial charge in [0.1, 0.15) is 6.10 Å². The number of unbranched alkanes of at least 4 members (excludes halogenated alkanes) is 1. The van der Waals surface area contributed by atoms with Crippen LogP contribution in [0.5, 0.6) is 0 Å². The van der Waals surface area contributed by atoms with E-state index in [0.717, 1.165) is 12.8 Å². The van der Waals surface area contributed by atoms with Gasteiger partial charge in [-0.25, -0.2) is 0 Å². The highest BCUT2D eigenvalue weighted by molar-refractivity contribution is 5.69. The summed E-state index contributed by atoms with van der Waals surface area (Å²) >= 11 is 0. The normalized spacial score (nSPS) is 19.1. The van der Waals surface area contributed by atoms with Gasteiger partial charge in [0.2, 0.25) is 0 Å². The molecular formula is C14H24O2. The van der Waals surface area contributed by atoms with Crippen LogP contribution in [0, 0.1) is 5.92 Å². The quantitative estimate of drug-likeness (QED) is 0.506. The molecule has 1 atom stereocenters. The van der Waals surface area contributed by atoms with Crippen molar-refractivity contribution >= 4 is 5.97 Å². The topological polar surface area (TPSA) is 26.3 Å². The third kappa shape index (κ3) is 4.38. The van der Waals surface area contributed by atoms with Gasteiger partial charge in [-0.3, -0.25) is 4.79 Å². The Morgan fingerprint density at radius 2 is 2.12 bits per heavy atom.